The Morgan fingerprint density at radius 3 is 2.35 bits per heavy atom. The maximum atomic E-state index is 13.6. The highest BCUT2D eigenvalue weighted by molar-refractivity contribution is 7.98. The van der Waals surface area contributed by atoms with Crippen molar-refractivity contribution >= 4 is 17.5 Å². The molecule has 3 heteroatoms. The van der Waals surface area contributed by atoms with E-state index in [0.717, 1.165) is 0 Å². The van der Waals surface area contributed by atoms with Crippen molar-refractivity contribution in [2.24, 2.45) is 0 Å². The van der Waals surface area contributed by atoms with Gasteiger partial charge >= 0.3 is 0 Å². The first-order valence-electron chi connectivity index (χ1n) is 5.15. The molecule has 0 radical (unpaired) electrons. The van der Waals surface area contributed by atoms with Gasteiger partial charge in [0.15, 0.2) is 5.78 Å². The van der Waals surface area contributed by atoms with Crippen molar-refractivity contribution in [3.05, 3.63) is 65.5 Å². The number of ketones is 1. The number of carbonyl (C=O) groups is 1. The zero-order chi connectivity index (χ0) is 12.3. The zero-order valence-electron chi connectivity index (χ0n) is 9.31. The van der Waals surface area contributed by atoms with E-state index in [1.165, 1.54) is 17.8 Å². The van der Waals surface area contributed by atoms with Gasteiger partial charge in [-0.3, -0.25) is 4.79 Å². The summed E-state index contributed by atoms with van der Waals surface area (Å²) in [6, 6.07) is 13.5. The van der Waals surface area contributed by atoms with Crippen LogP contribution in [0.3, 0.4) is 0 Å². The van der Waals surface area contributed by atoms with Gasteiger partial charge in [0.05, 0.1) is 0 Å². The van der Waals surface area contributed by atoms with Crippen LogP contribution in [0.2, 0.25) is 0 Å². The smallest absolute Gasteiger partial charge is 0.193 e. The number of thioether (sulfide) groups is 1. The van der Waals surface area contributed by atoms with Crippen molar-refractivity contribution in [2.75, 3.05) is 6.26 Å². The summed E-state index contributed by atoms with van der Waals surface area (Å²) in [5.74, 6) is -0.503. The van der Waals surface area contributed by atoms with Crippen molar-refractivity contribution in [1.29, 1.82) is 0 Å². The molecule has 86 valence electrons. The minimum absolute atomic E-state index is 0.155. The SMILES string of the molecule is CSc1ccc(C(=O)c2ccccc2)cc1F. The van der Waals surface area contributed by atoms with Crippen molar-refractivity contribution in [1.82, 2.24) is 0 Å². The first kappa shape index (κ1) is 11.9. The second kappa shape index (κ2) is 5.15. The van der Waals surface area contributed by atoms with Gasteiger partial charge in [0.1, 0.15) is 5.82 Å². The van der Waals surface area contributed by atoms with Crippen LogP contribution in [0, 0.1) is 5.82 Å². The standard InChI is InChI=1S/C14H11FOS/c1-17-13-8-7-11(9-12(13)15)14(16)10-5-3-2-4-6-10/h2-9H,1H3. The van der Waals surface area contributed by atoms with Crippen molar-refractivity contribution in [3.8, 4) is 0 Å². The summed E-state index contributed by atoms with van der Waals surface area (Å²) < 4.78 is 13.6. The Kier molecular flexibility index (Phi) is 3.59. The van der Waals surface area contributed by atoms with Crippen LogP contribution in [0.1, 0.15) is 15.9 Å². The minimum Gasteiger partial charge on any atom is -0.289 e. The van der Waals surface area contributed by atoms with E-state index in [4.69, 9.17) is 0 Å². The highest BCUT2D eigenvalue weighted by Crippen LogP contribution is 2.21. The molecule has 0 N–H and O–H groups in total. The Bertz CT molecular complexity index is 537. The largest absolute Gasteiger partial charge is 0.289 e. The molecule has 1 nitrogen and oxygen atoms in total. The molecule has 0 amide bonds. The maximum Gasteiger partial charge on any atom is 0.193 e. The predicted molar refractivity (Wildman–Crippen MR) is 68.1 cm³/mol. The van der Waals surface area contributed by atoms with Crippen LogP contribution in [-0.4, -0.2) is 12.0 Å². The number of hydrogen-bond donors (Lipinski definition) is 0. The predicted octanol–water partition coefficient (Wildman–Crippen LogP) is 3.78. The molecule has 0 atom stereocenters. The lowest BCUT2D eigenvalue weighted by molar-refractivity contribution is 0.103. The number of rotatable bonds is 3. The second-order valence-corrected chi connectivity index (χ2v) is 4.39. The highest BCUT2D eigenvalue weighted by Gasteiger charge is 2.10. The van der Waals surface area contributed by atoms with E-state index in [-0.39, 0.29) is 11.6 Å². The van der Waals surface area contributed by atoms with Crippen LogP contribution in [-0.2, 0) is 0 Å². The lowest BCUT2D eigenvalue weighted by atomic mass is 10.0. The van der Waals surface area contributed by atoms with Crippen LogP contribution in [0.25, 0.3) is 0 Å². The van der Waals surface area contributed by atoms with Gasteiger partial charge in [-0.1, -0.05) is 30.3 Å². The van der Waals surface area contributed by atoms with Gasteiger partial charge in [-0.15, -0.1) is 11.8 Å². The van der Waals surface area contributed by atoms with E-state index in [1.54, 1.807) is 42.7 Å². The summed E-state index contributed by atoms with van der Waals surface area (Å²) in [7, 11) is 0. The monoisotopic (exact) mass is 246 g/mol. The molecule has 17 heavy (non-hydrogen) atoms. The molecule has 0 bridgehead atoms. The maximum absolute atomic E-state index is 13.6. The van der Waals surface area contributed by atoms with E-state index in [9.17, 15) is 9.18 Å². The number of halogens is 1. The molecule has 0 fully saturated rings. The average Bonchev–Trinajstić information content (AvgIpc) is 2.39. The lowest BCUT2D eigenvalue weighted by Crippen LogP contribution is -2.01. The first-order valence-corrected chi connectivity index (χ1v) is 6.38. The Hall–Kier alpha value is -1.61. The van der Waals surface area contributed by atoms with Crippen LogP contribution in [0.15, 0.2) is 53.4 Å². The molecule has 2 aromatic carbocycles. The Morgan fingerprint density at radius 1 is 1.06 bits per heavy atom. The van der Waals surface area contributed by atoms with E-state index >= 15 is 0 Å². The molecular formula is C14H11FOS. The van der Waals surface area contributed by atoms with E-state index in [0.29, 0.717) is 16.0 Å². The molecule has 0 aliphatic rings. The quantitative estimate of drug-likeness (QED) is 0.605. The summed E-state index contributed by atoms with van der Waals surface area (Å²) in [5.41, 5.74) is 0.954. The van der Waals surface area contributed by atoms with Crippen molar-refractivity contribution in [3.63, 3.8) is 0 Å². The fourth-order valence-corrected chi connectivity index (χ4v) is 2.02. The van der Waals surface area contributed by atoms with Crippen LogP contribution < -0.4 is 0 Å². The van der Waals surface area contributed by atoms with E-state index in [1.807, 2.05) is 6.07 Å². The normalized spacial score (nSPS) is 10.2. The highest BCUT2D eigenvalue weighted by atomic mass is 32.2. The van der Waals surface area contributed by atoms with Crippen molar-refractivity contribution in [2.45, 2.75) is 4.90 Å². The van der Waals surface area contributed by atoms with Gasteiger partial charge in [-0.05, 0) is 24.5 Å². The Labute approximate surface area is 104 Å². The van der Waals surface area contributed by atoms with Gasteiger partial charge in [-0.25, -0.2) is 4.39 Å². The third-order valence-corrected chi connectivity index (χ3v) is 3.22. The third-order valence-electron chi connectivity index (χ3n) is 2.45. The summed E-state index contributed by atoms with van der Waals surface area (Å²) in [6.07, 6.45) is 1.80. The van der Waals surface area contributed by atoms with Crippen LogP contribution in [0.5, 0.6) is 0 Å². The molecule has 0 heterocycles. The molecule has 2 rings (SSSR count). The molecule has 0 aliphatic heterocycles. The summed E-state index contributed by atoms with van der Waals surface area (Å²) in [6.45, 7) is 0. The molecule has 0 aliphatic carbocycles. The average molecular weight is 246 g/mol. The van der Waals surface area contributed by atoms with Gasteiger partial charge in [0, 0.05) is 16.0 Å². The Balaban J connectivity index is 2.35. The summed E-state index contributed by atoms with van der Waals surface area (Å²) in [4.78, 5) is 12.6. The zero-order valence-corrected chi connectivity index (χ0v) is 10.1. The number of hydrogen-bond acceptors (Lipinski definition) is 2. The van der Waals surface area contributed by atoms with E-state index in [2.05, 4.69) is 0 Å². The van der Waals surface area contributed by atoms with E-state index < -0.39 is 0 Å². The second-order valence-electron chi connectivity index (χ2n) is 3.54. The number of carbonyl (C=O) groups excluding carboxylic acids is 1. The molecule has 0 saturated carbocycles. The van der Waals surface area contributed by atoms with Crippen molar-refractivity contribution < 1.29 is 9.18 Å². The molecular weight excluding hydrogens is 235 g/mol. The number of benzene rings is 2. The Morgan fingerprint density at radius 2 is 1.76 bits per heavy atom. The lowest BCUT2D eigenvalue weighted by Gasteiger charge is -2.03. The van der Waals surface area contributed by atoms with Crippen LogP contribution >= 0.6 is 11.8 Å². The molecule has 2 aromatic rings. The first-order chi connectivity index (χ1) is 8.22. The van der Waals surface area contributed by atoms with Crippen LogP contribution in [0.4, 0.5) is 4.39 Å². The summed E-state index contributed by atoms with van der Waals surface area (Å²) >= 11 is 1.33. The summed E-state index contributed by atoms with van der Waals surface area (Å²) in [5, 5.41) is 0. The fraction of sp³-hybridized carbons (Fsp3) is 0.0714. The molecule has 0 saturated heterocycles. The molecule has 0 aromatic heterocycles. The molecule has 0 spiro atoms. The topological polar surface area (TPSA) is 17.1 Å². The van der Waals surface area contributed by atoms with Gasteiger partial charge < -0.3 is 0 Å². The van der Waals surface area contributed by atoms with Gasteiger partial charge in [-0.2, -0.15) is 0 Å². The van der Waals surface area contributed by atoms with Gasteiger partial charge in [0.25, 0.3) is 0 Å². The third kappa shape index (κ3) is 2.56. The van der Waals surface area contributed by atoms with Gasteiger partial charge in [0.2, 0.25) is 0 Å². The minimum atomic E-state index is -0.348. The fourth-order valence-electron chi connectivity index (χ4n) is 1.56. The molecule has 0 unspecified atom stereocenters.